The Hall–Kier alpha value is -2.78. The van der Waals surface area contributed by atoms with Crippen molar-refractivity contribution in [1.82, 2.24) is 10.2 Å². The lowest BCUT2D eigenvalue weighted by Gasteiger charge is -2.33. The van der Waals surface area contributed by atoms with Crippen LogP contribution in [0.1, 0.15) is 38.3 Å². The highest BCUT2D eigenvalue weighted by atomic mass is 35.5. The van der Waals surface area contributed by atoms with Crippen molar-refractivity contribution in [3.63, 3.8) is 0 Å². The SMILES string of the molecule is CC[C@@H](C)NC(=O)[C@H](C)N(Cc1ccc(Cl)c(Cl)c1)C(=O)CN(c1cccc(Cl)c1C)S(=O)(=O)c1ccccc1. The summed E-state index contributed by atoms with van der Waals surface area (Å²) in [5.74, 6) is -0.948. The van der Waals surface area contributed by atoms with Gasteiger partial charge in [0.1, 0.15) is 12.6 Å². The van der Waals surface area contributed by atoms with Gasteiger partial charge in [-0.15, -0.1) is 0 Å². The molecule has 0 saturated carbocycles. The smallest absolute Gasteiger partial charge is 0.264 e. The topological polar surface area (TPSA) is 86.8 Å². The molecule has 0 unspecified atom stereocenters. The van der Waals surface area contributed by atoms with Crippen LogP contribution >= 0.6 is 34.8 Å². The van der Waals surface area contributed by atoms with Crippen molar-refractivity contribution in [3.05, 3.63) is 92.9 Å². The quantitative estimate of drug-likeness (QED) is 0.265. The molecule has 3 aromatic carbocycles. The minimum Gasteiger partial charge on any atom is -0.352 e. The zero-order chi connectivity index (χ0) is 29.6. The van der Waals surface area contributed by atoms with Crippen LogP contribution in [0, 0.1) is 6.92 Å². The summed E-state index contributed by atoms with van der Waals surface area (Å²) in [5.41, 5.74) is 1.38. The summed E-state index contributed by atoms with van der Waals surface area (Å²) in [7, 11) is -4.19. The Morgan fingerprint density at radius 2 is 1.57 bits per heavy atom. The number of nitrogens with zero attached hydrogens (tertiary/aromatic N) is 2. The minimum absolute atomic E-state index is 0.00142. The molecule has 0 saturated heterocycles. The van der Waals surface area contributed by atoms with Crippen molar-refractivity contribution in [2.24, 2.45) is 0 Å². The summed E-state index contributed by atoms with van der Waals surface area (Å²) in [6.45, 7) is 6.53. The molecule has 11 heteroatoms. The van der Waals surface area contributed by atoms with Gasteiger partial charge in [0.2, 0.25) is 11.8 Å². The maximum atomic E-state index is 14.0. The summed E-state index contributed by atoms with van der Waals surface area (Å²) >= 11 is 18.6. The number of carbonyl (C=O) groups excluding carboxylic acids is 2. The van der Waals surface area contributed by atoms with E-state index in [1.165, 1.54) is 17.0 Å². The first-order valence-electron chi connectivity index (χ1n) is 12.7. The van der Waals surface area contributed by atoms with Crippen LogP contribution in [0.3, 0.4) is 0 Å². The normalized spacial score (nSPS) is 12.9. The van der Waals surface area contributed by atoms with Gasteiger partial charge in [-0.3, -0.25) is 13.9 Å². The third kappa shape index (κ3) is 7.49. The van der Waals surface area contributed by atoms with Gasteiger partial charge in [-0.2, -0.15) is 0 Å². The number of anilines is 1. The molecule has 1 N–H and O–H groups in total. The van der Waals surface area contributed by atoms with Crippen molar-refractivity contribution in [3.8, 4) is 0 Å². The van der Waals surface area contributed by atoms with Gasteiger partial charge in [-0.1, -0.05) is 72.1 Å². The monoisotopic (exact) mass is 623 g/mol. The predicted molar refractivity (Wildman–Crippen MR) is 162 cm³/mol. The van der Waals surface area contributed by atoms with Crippen molar-refractivity contribution >= 4 is 62.3 Å². The first-order chi connectivity index (χ1) is 18.9. The largest absolute Gasteiger partial charge is 0.352 e. The van der Waals surface area contributed by atoms with Crippen LogP contribution < -0.4 is 9.62 Å². The van der Waals surface area contributed by atoms with Crippen LogP contribution in [0.25, 0.3) is 0 Å². The van der Waals surface area contributed by atoms with E-state index in [2.05, 4.69) is 5.32 Å². The molecule has 2 amide bonds. The zero-order valence-corrected chi connectivity index (χ0v) is 25.8. The molecule has 0 aromatic heterocycles. The van der Waals surface area contributed by atoms with E-state index in [1.807, 2.05) is 13.8 Å². The second-order valence-corrected chi connectivity index (χ2v) is 12.6. The van der Waals surface area contributed by atoms with Crippen LogP contribution in [0.5, 0.6) is 0 Å². The fraction of sp³-hybridized carbons (Fsp3) is 0.310. The molecule has 0 radical (unpaired) electrons. The number of rotatable bonds is 11. The van der Waals surface area contributed by atoms with Crippen molar-refractivity contribution in [1.29, 1.82) is 0 Å². The maximum Gasteiger partial charge on any atom is 0.264 e. The van der Waals surface area contributed by atoms with Crippen LogP contribution in [0.4, 0.5) is 5.69 Å². The number of benzene rings is 3. The van der Waals surface area contributed by atoms with Gasteiger partial charge in [0, 0.05) is 17.6 Å². The fourth-order valence-electron chi connectivity index (χ4n) is 3.98. The molecule has 3 rings (SSSR count). The molecular weight excluding hydrogens is 593 g/mol. The lowest BCUT2D eigenvalue weighted by Crippen LogP contribution is -2.52. The van der Waals surface area contributed by atoms with E-state index in [0.717, 1.165) is 4.31 Å². The van der Waals surface area contributed by atoms with Crippen molar-refractivity contribution in [2.45, 2.75) is 57.6 Å². The highest BCUT2D eigenvalue weighted by Crippen LogP contribution is 2.31. The van der Waals surface area contributed by atoms with E-state index in [-0.39, 0.29) is 29.1 Å². The van der Waals surface area contributed by atoms with Gasteiger partial charge in [-0.05, 0) is 74.7 Å². The Balaban J connectivity index is 2.07. The van der Waals surface area contributed by atoms with Crippen molar-refractivity contribution < 1.29 is 18.0 Å². The van der Waals surface area contributed by atoms with E-state index >= 15 is 0 Å². The van der Waals surface area contributed by atoms with Crippen LogP contribution in [-0.4, -0.2) is 43.8 Å². The molecular formula is C29H32Cl3N3O4S. The molecule has 0 bridgehead atoms. The predicted octanol–water partition coefficient (Wildman–Crippen LogP) is 6.48. The number of halogens is 3. The van der Waals surface area contributed by atoms with E-state index in [4.69, 9.17) is 34.8 Å². The first kappa shape index (κ1) is 31.7. The van der Waals surface area contributed by atoms with Gasteiger partial charge in [0.15, 0.2) is 0 Å². The second-order valence-electron chi connectivity index (χ2n) is 9.47. The molecule has 0 spiro atoms. The third-order valence-corrected chi connectivity index (χ3v) is 9.55. The molecule has 214 valence electrons. The molecule has 0 aliphatic carbocycles. The summed E-state index contributed by atoms with van der Waals surface area (Å²) in [4.78, 5) is 28.5. The number of carbonyl (C=O) groups is 2. The molecule has 0 aliphatic heterocycles. The minimum atomic E-state index is -4.19. The average molecular weight is 625 g/mol. The van der Waals surface area contributed by atoms with E-state index < -0.39 is 28.5 Å². The summed E-state index contributed by atoms with van der Waals surface area (Å²) in [5, 5.41) is 3.90. The van der Waals surface area contributed by atoms with Crippen molar-refractivity contribution in [2.75, 3.05) is 10.8 Å². The fourth-order valence-corrected chi connectivity index (χ4v) is 5.97. The Bertz CT molecular complexity index is 1470. The number of hydrogen-bond acceptors (Lipinski definition) is 4. The van der Waals surface area contributed by atoms with Crippen LogP contribution in [-0.2, 0) is 26.2 Å². The number of hydrogen-bond donors (Lipinski definition) is 1. The Kier molecular flexibility index (Phi) is 10.9. The maximum absolute atomic E-state index is 14.0. The highest BCUT2D eigenvalue weighted by molar-refractivity contribution is 7.92. The van der Waals surface area contributed by atoms with E-state index in [9.17, 15) is 18.0 Å². The standard InChI is InChI=1S/C29H32Cl3N3O4S/c1-5-19(2)33-29(37)21(4)34(17-22-14-15-25(31)26(32)16-22)28(36)18-35(27-13-9-12-24(30)20(27)3)40(38,39)23-10-7-6-8-11-23/h6-16,19,21H,5,17-18H2,1-4H3,(H,33,37)/t19-,21+/m1/s1. The Labute approximate surface area is 251 Å². The van der Waals surface area contributed by atoms with E-state index in [1.54, 1.807) is 68.4 Å². The lowest BCUT2D eigenvalue weighted by atomic mass is 10.1. The molecule has 40 heavy (non-hydrogen) atoms. The van der Waals surface area contributed by atoms with Crippen LogP contribution in [0.15, 0.2) is 71.6 Å². The summed E-state index contributed by atoms with van der Waals surface area (Å²) in [6.07, 6.45) is 0.705. The molecule has 0 heterocycles. The number of amides is 2. The average Bonchev–Trinajstić information content (AvgIpc) is 2.93. The lowest BCUT2D eigenvalue weighted by molar-refractivity contribution is -0.139. The molecule has 7 nitrogen and oxygen atoms in total. The first-order valence-corrected chi connectivity index (χ1v) is 15.3. The summed E-state index contributed by atoms with van der Waals surface area (Å²) in [6, 6.07) is 16.6. The number of nitrogens with one attached hydrogen (secondary N) is 1. The molecule has 0 fully saturated rings. The number of sulfonamides is 1. The summed E-state index contributed by atoms with van der Waals surface area (Å²) < 4.78 is 28.8. The van der Waals surface area contributed by atoms with E-state index in [0.29, 0.717) is 32.6 Å². The Morgan fingerprint density at radius 1 is 0.900 bits per heavy atom. The zero-order valence-electron chi connectivity index (χ0n) is 22.7. The molecule has 3 aromatic rings. The van der Waals surface area contributed by atoms with Gasteiger partial charge in [-0.25, -0.2) is 8.42 Å². The van der Waals surface area contributed by atoms with Crippen LogP contribution in [0.2, 0.25) is 15.1 Å². The highest BCUT2D eigenvalue weighted by Gasteiger charge is 2.33. The van der Waals surface area contributed by atoms with Gasteiger partial charge in [0.05, 0.1) is 20.6 Å². The Morgan fingerprint density at radius 3 is 2.20 bits per heavy atom. The third-order valence-electron chi connectivity index (χ3n) is 6.62. The molecule has 2 atom stereocenters. The molecule has 0 aliphatic rings. The van der Waals surface area contributed by atoms with Gasteiger partial charge in [0.25, 0.3) is 10.0 Å². The van der Waals surface area contributed by atoms with Gasteiger partial charge >= 0.3 is 0 Å². The second kappa shape index (κ2) is 13.7. The van der Waals surface area contributed by atoms with Gasteiger partial charge < -0.3 is 10.2 Å².